The first-order chi connectivity index (χ1) is 9.12. The molecule has 2 heteroatoms. The van der Waals surface area contributed by atoms with Crippen LogP contribution >= 0.6 is 0 Å². The predicted molar refractivity (Wildman–Crippen MR) is 78.0 cm³/mol. The van der Waals surface area contributed by atoms with Crippen LogP contribution in [-0.4, -0.2) is 17.5 Å². The van der Waals surface area contributed by atoms with Crippen LogP contribution in [0, 0.1) is 5.92 Å². The van der Waals surface area contributed by atoms with E-state index in [1.54, 1.807) is 0 Å². The van der Waals surface area contributed by atoms with E-state index in [0.717, 1.165) is 18.8 Å². The van der Waals surface area contributed by atoms with E-state index in [2.05, 4.69) is 26.0 Å². The normalized spacial score (nSPS) is 23.6. The number of rotatable bonds is 8. The highest BCUT2D eigenvalue weighted by Gasteiger charge is 2.50. The standard InChI is InChI=1S/C17H26O2/c1-14(2)9-5-3-8-12-16(17(18)13-19-17)15-10-6-4-7-11-15/h4,6-7,10-11,14,16,18H,3,5,8-9,12-13H2,1-2H3. The lowest BCUT2D eigenvalue weighted by molar-refractivity contribution is 0.00740. The summed E-state index contributed by atoms with van der Waals surface area (Å²) in [5.41, 5.74) is 1.20. The molecule has 1 N–H and O–H groups in total. The average Bonchev–Trinajstić information content (AvgIpc) is 3.13. The number of hydrogen-bond acceptors (Lipinski definition) is 2. The molecule has 0 aromatic heterocycles. The van der Waals surface area contributed by atoms with Crippen molar-refractivity contribution in [2.45, 2.75) is 57.7 Å². The van der Waals surface area contributed by atoms with Gasteiger partial charge in [-0.15, -0.1) is 0 Å². The quantitative estimate of drug-likeness (QED) is 0.565. The summed E-state index contributed by atoms with van der Waals surface area (Å²) >= 11 is 0. The first-order valence-electron chi connectivity index (χ1n) is 7.53. The lowest BCUT2D eigenvalue weighted by Gasteiger charge is -2.20. The van der Waals surface area contributed by atoms with Crippen LogP contribution in [0.15, 0.2) is 30.3 Å². The van der Waals surface area contributed by atoms with Crippen molar-refractivity contribution in [3.63, 3.8) is 0 Å². The maximum Gasteiger partial charge on any atom is 0.196 e. The van der Waals surface area contributed by atoms with Crippen LogP contribution in [0.3, 0.4) is 0 Å². The molecule has 1 aromatic rings. The van der Waals surface area contributed by atoms with Gasteiger partial charge in [0.05, 0.1) is 0 Å². The molecule has 106 valence electrons. The Morgan fingerprint density at radius 3 is 2.32 bits per heavy atom. The van der Waals surface area contributed by atoms with Gasteiger partial charge in [0.25, 0.3) is 0 Å². The molecule has 19 heavy (non-hydrogen) atoms. The Bertz CT molecular complexity index is 368. The van der Waals surface area contributed by atoms with Crippen molar-refractivity contribution < 1.29 is 9.84 Å². The van der Waals surface area contributed by atoms with Gasteiger partial charge in [0.2, 0.25) is 0 Å². The Morgan fingerprint density at radius 1 is 1.11 bits per heavy atom. The van der Waals surface area contributed by atoms with Crippen molar-refractivity contribution in [1.29, 1.82) is 0 Å². The largest absolute Gasteiger partial charge is 0.363 e. The van der Waals surface area contributed by atoms with E-state index in [9.17, 15) is 5.11 Å². The molecule has 0 aliphatic carbocycles. The van der Waals surface area contributed by atoms with Gasteiger partial charge in [-0.3, -0.25) is 0 Å². The minimum atomic E-state index is -0.889. The molecule has 1 aliphatic heterocycles. The first kappa shape index (κ1) is 14.5. The van der Waals surface area contributed by atoms with Gasteiger partial charge >= 0.3 is 0 Å². The van der Waals surface area contributed by atoms with Gasteiger partial charge in [-0.25, -0.2) is 0 Å². The maximum atomic E-state index is 10.3. The highest BCUT2D eigenvalue weighted by molar-refractivity contribution is 5.23. The molecule has 1 saturated heterocycles. The zero-order valence-corrected chi connectivity index (χ0v) is 12.1. The van der Waals surface area contributed by atoms with Crippen LogP contribution in [-0.2, 0) is 4.74 Å². The molecular weight excluding hydrogens is 236 g/mol. The number of ether oxygens (including phenoxy) is 1. The Hall–Kier alpha value is -0.860. The monoisotopic (exact) mass is 262 g/mol. The minimum Gasteiger partial charge on any atom is -0.363 e. The molecule has 0 spiro atoms. The van der Waals surface area contributed by atoms with E-state index < -0.39 is 5.79 Å². The molecule has 1 aromatic carbocycles. The summed E-state index contributed by atoms with van der Waals surface area (Å²) in [5, 5.41) is 10.3. The van der Waals surface area contributed by atoms with Gasteiger partial charge in [-0.05, 0) is 17.9 Å². The van der Waals surface area contributed by atoms with E-state index in [0.29, 0.717) is 6.61 Å². The third-order valence-corrected chi connectivity index (χ3v) is 3.96. The average molecular weight is 262 g/mol. The summed E-state index contributed by atoms with van der Waals surface area (Å²) < 4.78 is 5.26. The van der Waals surface area contributed by atoms with E-state index in [1.807, 2.05) is 18.2 Å². The molecule has 1 aliphatic rings. The second kappa shape index (κ2) is 6.53. The minimum absolute atomic E-state index is 0.132. The Kier molecular flexibility index (Phi) is 5.00. The number of benzene rings is 1. The fraction of sp³-hybridized carbons (Fsp3) is 0.647. The SMILES string of the molecule is CC(C)CCCCCC(c1ccccc1)C1(O)CO1. The topological polar surface area (TPSA) is 32.8 Å². The lowest BCUT2D eigenvalue weighted by Crippen LogP contribution is -2.21. The maximum absolute atomic E-state index is 10.3. The molecule has 0 amide bonds. The van der Waals surface area contributed by atoms with Crippen LogP contribution in [0.4, 0.5) is 0 Å². The molecule has 0 radical (unpaired) electrons. The highest BCUT2D eigenvalue weighted by atomic mass is 16.7. The number of aliphatic hydroxyl groups is 1. The molecule has 2 nitrogen and oxygen atoms in total. The Balaban J connectivity index is 1.83. The Labute approximate surface area is 116 Å². The fourth-order valence-corrected chi connectivity index (χ4v) is 2.69. The van der Waals surface area contributed by atoms with Gasteiger partial charge < -0.3 is 9.84 Å². The molecule has 1 heterocycles. The van der Waals surface area contributed by atoms with Crippen LogP contribution in [0.2, 0.25) is 0 Å². The molecule has 2 atom stereocenters. The molecule has 0 bridgehead atoms. The molecular formula is C17H26O2. The van der Waals surface area contributed by atoms with Crippen LogP contribution in [0.25, 0.3) is 0 Å². The fourth-order valence-electron chi connectivity index (χ4n) is 2.69. The van der Waals surface area contributed by atoms with Gasteiger partial charge in [-0.1, -0.05) is 69.9 Å². The molecule has 1 fully saturated rings. The molecule has 2 unspecified atom stereocenters. The van der Waals surface area contributed by atoms with E-state index in [1.165, 1.54) is 24.8 Å². The van der Waals surface area contributed by atoms with Crippen molar-refractivity contribution in [1.82, 2.24) is 0 Å². The van der Waals surface area contributed by atoms with E-state index in [-0.39, 0.29) is 5.92 Å². The zero-order valence-electron chi connectivity index (χ0n) is 12.1. The molecule has 0 saturated carbocycles. The summed E-state index contributed by atoms with van der Waals surface area (Å²) in [7, 11) is 0. The van der Waals surface area contributed by atoms with E-state index >= 15 is 0 Å². The van der Waals surface area contributed by atoms with Crippen LogP contribution in [0.1, 0.15) is 57.4 Å². The molecule has 2 rings (SSSR count). The summed E-state index contributed by atoms with van der Waals surface area (Å²) in [6.07, 6.45) is 6.02. The van der Waals surface area contributed by atoms with Gasteiger partial charge in [0.1, 0.15) is 6.61 Å². The third-order valence-electron chi connectivity index (χ3n) is 3.96. The predicted octanol–water partition coefficient (Wildman–Crippen LogP) is 4.10. The number of epoxide rings is 1. The van der Waals surface area contributed by atoms with Gasteiger partial charge in [-0.2, -0.15) is 0 Å². The van der Waals surface area contributed by atoms with Crippen molar-refractivity contribution >= 4 is 0 Å². The summed E-state index contributed by atoms with van der Waals surface area (Å²) in [6.45, 7) is 5.03. The van der Waals surface area contributed by atoms with Crippen molar-refractivity contribution in [2.24, 2.45) is 5.92 Å². The number of unbranched alkanes of at least 4 members (excludes halogenated alkanes) is 2. The zero-order chi connectivity index (χ0) is 13.7. The number of hydrogen-bond donors (Lipinski definition) is 1. The highest BCUT2D eigenvalue weighted by Crippen LogP contribution is 2.42. The van der Waals surface area contributed by atoms with Gasteiger partial charge in [0, 0.05) is 5.92 Å². The second-order valence-corrected chi connectivity index (χ2v) is 6.13. The Morgan fingerprint density at radius 2 is 1.74 bits per heavy atom. The van der Waals surface area contributed by atoms with Crippen LogP contribution in [0.5, 0.6) is 0 Å². The summed E-state index contributed by atoms with van der Waals surface area (Å²) in [5.74, 6) is 0.0352. The van der Waals surface area contributed by atoms with E-state index in [4.69, 9.17) is 4.74 Å². The summed E-state index contributed by atoms with van der Waals surface area (Å²) in [6, 6.07) is 10.3. The third kappa shape index (κ3) is 4.32. The van der Waals surface area contributed by atoms with Crippen molar-refractivity contribution in [3.05, 3.63) is 35.9 Å². The lowest BCUT2D eigenvalue weighted by atomic mass is 9.88. The van der Waals surface area contributed by atoms with Crippen molar-refractivity contribution in [3.8, 4) is 0 Å². The first-order valence-corrected chi connectivity index (χ1v) is 7.53. The second-order valence-electron chi connectivity index (χ2n) is 6.13. The summed E-state index contributed by atoms with van der Waals surface area (Å²) in [4.78, 5) is 0. The van der Waals surface area contributed by atoms with Crippen molar-refractivity contribution in [2.75, 3.05) is 6.61 Å². The smallest absolute Gasteiger partial charge is 0.196 e. The van der Waals surface area contributed by atoms with Gasteiger partial charge in [0.15, 0.2) is 5.79 Å². The van der Waals surface area contributed by atoms with Crippen LogP contribution < -0.4 is 0 Å².